The van der Waals surface area contributed by atoms with Gasteiger partial charge in [0.15, 0.2) is 12.1 Å². The maximum Gasteiger partial charge on any atom is 0.362 e. The molecule has 322 valence electrons. The van der Waals surface area contributed by atoms with Crippen molar-refractivity contribution in [2.24, 2.45) is 0 Å². The average molecular weight is 779 g/mol. The normalized spacial score (nSPS) is 13.1. The number of nitrogens with zero attached hydrogens (tertiary/aromatic N) is 1. The number of unbranched alkanes of at least 4 members (excludes halogenated alkanes) is 23. The number of hydrogen-bond acceptors (Lipinski definition) is 6. The molecule has 0 radical (unpaired) electrons. The summed E-state index contributed by atoms with van der Waals surface area (Å²) >= 11 is 0. The van der Waals surface area contributed by atoms with Gasteiger partial charge in [-0.25, -0.2) is 4.79 Å². The van der Waals surface area contributed by atoms with E-state index in [2.05, 4.69) is 38.2 Å². The second-order valence-corrected chi connectivity index (χ2v) is 16.6. The van der Waals surface area contributed by atoms with Crippen molar-refractivity contribution in [3.05, 3.63) is 24.3 Å². The van der Waals surface area contributed by atoms with Gasteiger partial charge in [0.2, 0.25) is 0 Å². The van der Waals surface area contributed by atoms with Gasteiger partial charge in [-0.15, -0.1) is 0 Å². The van der Waals surface area contributed by atoms with Gasteiger partial charge in [-0.1, -0.05) is 173 Å². The molecule has 0 spiro atoms. The van der Waals surface area contributed by atoms with E-state index in [1.165, 1.54) is 116 Å². The SMILES string of the molecule is CC/C=C/C/C=C/CCCCCCCCCC(=O)OCC(COCCC(C(=O)O)[N+](C)(C)C)OC(=O)CCCCCCCCCCCCCCCCCCC. The van der Waals surface area contributed by atoms with Gasteiger partial charge < -0.3 is 23.8 Å². The zero-order valence-corrected chi connectivity index (χ0v) is 36.6. The molecule has 0 amide bonds. The number of ether oxygens (including phenoxy) is 3. The fourth-order valence-corrected chi connectivity index (χ4v) is 6.84. The molecule has 0 rings (SSSR count). The molecule has 0 aromatic rings. The minimum absolute atomic E-state index is 0.0509. The molecular formula is C47H88NO7+. The van der Waals surface area contributed by atoms with E-state index >= 15 is 0 Å². The highest BCUT2D eigenvalue weighted by molar-refractivity contribution is 5.72. The molecule has 8 heteroatoms. The summed E-state index contributed by atoms with van der Waals surface area (Å²) in [6.45, 7) is 4.65. The molecule has 55 heavy (non-hydrogen) atoms. The lowest BCUT2D eigenvalue weighted by Crippen LogP contribution is -2.50. The number of carboxylic acids is 1. The molecule has 8 nitrogen and oxygen atoms in total. The van der Waals surface area contributed by atoms with Gasteiger partial charge in [-0.05, 0) is 38.5 Å². The molecule has 0 aromatic heterocycles. The van der Waals surface area contributed by atoms with Crippen LogP contribution in [0.3, 0.4) is 0 Å². The van der Waals surface area contributed by atoms with Gasteiger partial charge in [-0.3, -0.25) is 9.59 Å². The number of carbonyl (C=O) groups excluding carboxylic acids is 2. The van der Waals surface area contributed by atoms with E-state index in [1.54, 1.807) is 0 Å². The van der Waals surface area contributed by atoms with Crippen LogP contribution in [0.5, 0.6) is 0 Å². The van der Waals surface area contributed by atoms with Crippen LogP contribution < -0.4 is 0 Å². The van der Waals surface area contributed by atoms with Crippen molar-refractivity contribution in [3.63, 3.8) is 0 Å². The van der Waals surface area contributed by atoms with Crippen LogP contribution in [0.25, 0.3) is 0 Å². The van der Waals surface area contributed by atoms with Crippen LogP contribution in [-0.4, -0.2) is 80.6 Å². The van der Waals surface area contributed by atoms with Crippen LogP contribution >= 0.6 is 0 Å². The molecule has 0 bridgehead atoms. The molecule has 0 fully saturated rings. The predicted molar refractivity (Wildman–Crippen MR) is 229 cm³/mol. The highest BCUT2D eigenvalue weighted by Gasteiger charge is 2.31. The van der Waals surface area contributed by atoms with Crippen molar-refractivity contribution in [2.45, 2.75) is 219 Å². The van der Waals surface area contributed by atoms with Crippen LogP contribution in [0, 0.1) is 0 Å². The maximum absolute atomic E-state index is 12.7. The molecule has 0 aromatic carbocycles. The third-order valence-corrected chi connectivity index (χ3v) is 10.4. The van der Waals surface area contributed by atoms with E-state index in [-0.39, 0.29) is 36.2 Å². The van der Waals surface area contributed by atoms with Crippen molar-refractivity contribution < 1.29 is 38.2 Å². The molecule has 2 atom stereocenters. The van der Waals surface area contributed by atoms with Crippen LogP contribution in [0.2, 0.25) is 0 Å². The number of rotatable bonds is 41. The van der Waals surface area contributed by atoms with E-state index in [0.29, 0.717) is 19.3 Å². The van der Waals surface area contributed by atoms with Gasteiger partial charge in [0.25, 0.3) is 0 Å². The van der Waals surface area contributed by atoms with Gasteiger partial charge in [0.05, 0.1) is 34.4 Å². The Morgan fingerprint density at radius 3 is 1.49 bits per heavy atom. The van der Waals surface area contributed by atoms with Gasteiger partial charge >= 0.3 is 17.9 Å². The summed E-state index contributed by atoms with van der Waals surface area (Å²) in [4.78, 5) is 37.0. The fourth-order valence-electron chi connectivity index (χ4n) is 6.84. The number of aliphatic carboxylic acids is 1. The molecule has 0 saturated carbocycles. The first-order valence-electron chi connectivity index (χ1n) is 22.9. The number of allylic oxidation sites excluding steroid dienone is 4. The van der Waals surface area contributed by atoms with Crippen LogP contribution in [0.1, 0.15) is 206 Å². The van der Waals surface area contributed by atoms with Crippen LogP contribution in [-0.2, 0) is 28.6 Å². The molecule has 0 aliphatic carbocycles. The number of likely N-dealkylation sites (N-methyl/N-ethyl adjacent to an activating group) is 1. The van der Waals surface area contributed by atoms with Crippen LogP contribution in [0.4, 0.5) is 0 Å². The summed E-state index contributed by atoms with van der Waals surface area (Å²) in [7, 11) is 5.53. The highest BCUT2D eigenvalue weighted by Crippen LogP contribution is 2.16. The summed E-state index contributed by atoms with van der Waals surface area (Å²) in [6.07, 6.45) is 42.2. The minimum atomic E-state index is -0.874. The van der Waals surface area contributed by atoms with Crippen molar-refractivity contribution in [2.75, 3.05) is 41.0 Å². The largest absolute Gasteiger partial charge is 0.477 e. The minimum Gasteiger partial charge on any atom is -0.477 e. The van der Waals surface area contributed by atoms with E-state index in [9.17, 15) is 19.5 Å². The summed E-state index contributed by atoms with van der Waals surface area (Å²) in [5.74, 6) is -1.47. The molecule has 1 N–H and O–H groups in total. The number of quaternary nitrogens is 1. The Morgan fingerprint density at radius 1 is 0.564 bits per heavy atom. The molecule has 2 unspecified atom stereocenters. The second kappa shape index (κ2) is 38.7. The third kappa shape index (κ3) is 37.2. The highest BCUT2D eigenvalue weighted by atomic mass is 16.6. The van der Waals surface area contributed by atoms with Crippen molar-refractivity contribution in [3.8, 4) is 0 Å². The second-order valence-electron chi connectivity index (χ2n) is 16.6. The zero-order chi connectivity index (χ0) is 40.7. The van der Waals surface area contributed by atoms with Crippen LogP contribution in [0.15, 0.2) is 24.3 Å². The Balaban J connectivity index is 4.29. The monoisotopic (exact) mass is 779 g/mol. The molecular weight excluding hydrogens is 691 g/mol. The number of carboxylic acid groups (broad SMARTS) is 1. The van der Waals surface area contributed by atoms with E-state index in [4.69, 9.17) is 14.2 Å². The van der Waals surface area contributed by atoms with Crippen molar-refractivity contribution in [1.82, 2.24) is 0 Å². The Hall–Kier alpha value is -2.19. The Kier molecular flexibility index (Phi) is 37.1. The first-order valence-corrected chi connectivity index (χ1v) is 22.9. The topological polar surface area (TPSA) is 99.1 Å². The predicted octanol–water partition coefficient (Wildman–Crippen LogP) is 12.5. The lowest BCUT2D eigenvalue weighted by atomic mass is 10.0. The zero-order valence-electron chi connectivity index (χ0n) is 36.6. The first-order chi connectivity index (χ1) is 26.6. The first kappa shape index (κ1) is 52.8. The molecule has 0 saturated heterocycles. The van der Waals surface area contributed by atoms with Gasteiger partial charge in [-0.2, -0.15) is 0 Å². The van der Waals surface area contributed by atoms with Gasteiger partial charge in [0, 0.05) is 19.3 Å². The van der Waals surface area contributed by atoms with Crippen molar-refractivity contribution in [1.29, 1.82) is 0 Å². The van der Waals surface area contributed by atoms with E-state index in [0.717, 1.165) is 57.8 Å². The molecule has 0 heterocycles. The van der Waals surface area contributed by atoms with Crippen molar-refractivity contribution >= 4 is 17.9 Å². The number of hydrogen-bond donors (Lipinski definition) is 1. The standard InChI is InChI=1S/C47H87NO7/c1-6-8-10-12-14-16-18-20-22-23-24-26-28-30-32-34-36-38-46(50)55-43(41-53-40-39-44(47(51)52)48(3,4)5)42-54-45(49)37-35-33-31-29-27-25-21-19-17-15-13-11-9-7-2/h9,11,15,17,43-44H,6-8,10,12-14,16,18-42H2,1-5H3/p+1/b11-9+,17-15+. The molecule has 0 aliphatic heterocycles. The summed E-state index contributed by atoms with van der Waals surface area (Å²) in [6, 6.07) is -0.612. The van der Waals surface area contributed by atoms with E-state index < -0.39 is 18.1 Å². The Morgan fingerprint density at radius 2 is 1.02 bits per heavy atom. The Bertz CT molecular complexity index is 957. The lowest BCUT2D eigenvalue weighted by molar-refractivity contribution is -0.887. The summed E-state index contributed by atoms with van der Waals surface area (Å²) in [5.41, 5.74) is 0. The Labute approximate surface area is 339 Å². The maximum atomic E-state index is 12.7. The average Bonchev–Trinajstić information content (AvgIpc) is 3.14. The van der Waals surface area contributed by atoms with Gasteiger partial charge in [0.1, 0.15) is 6.61 Å². The lowest BCUT2D eigenvalue weighted by Gasteiger charge is -2.31. The summed E-state index contributed by atoms with van der Waals surface area (Å²) < 4.78 is 17.3. The van der Waals surface area contributed by atoms with E-state index in [1.807, 2.05) is 21.1 Å². The molecule has 0 aliphatic rings. The number of esters is 2. The quantitative estimate of drug-likeness (QED) is 0.0285. The summed E-state index contributed by atoms with van der Waals surface area (Å²) in [5, 5.41) is 9.62. The fraction of sp³-hybridized carbons (Fsp3) is 0.851. The third-order valence-electron chi connectivity index (χ3n) is 10.4. The smallest absolute Gasteiger partial charge is 0.362 e. The number of carbonyl (C=O) groups is 3.